The Balaban J connectivity index is 1.48. The fourth-order valence-electron chi connectivity index (χ4n) is 3.18. The molecule has 4 rings (SSSR count). The summed E-state index contributed by atoms with van der Waals surface area (Å²) in [5.74, 6) is -1.21. The fourth-order valence-corrected chi connectivity index (χ4v) is 4.08. The molecular weight excluding hydrogens is 712 g/mol. The van der Waals surface area contributed by atoms with Gasteiger partial charge < -0.3 is 14.2 Å². The van der Waals surface area contributed by atoms with Crippen molar-refractivity contribution in [1.29, 1.82) is 0 Å². The first kappa shape index (κ1) is 29.2. The Bertz CT molecular complexity index is 1560. The number of rotatable bonds is 9. The van der Waals surface area contributed by atoms with Crippen LogP contribution >= 0.6 is 47.8 Å². The average molecular weight is 731 g/mol. The van der Waals surface area contributed by atoms with Gasteiger partial charge in [0.15, 0.2) is 18.1 Å². The van der Waals surface area contributed by atoms with Gasteiger partial charge in [-0.15, -0.1) is 0 Å². The van der Waals surface area contributed by atoms with E-state index in [9.17, 15) is 14.4 Å². The van der Waals surface area contributed by atoms with Gasteiger partial charge in [-0.05, 0) is 90.5 Å². The maximum Gasteiger partial charge on any atom is 0.343 e. The van der Waals surface area contributed by atoms with Crippen molar-refractivity contribution in [2.45, 2.75) is 0 Å². The van der Waals surface area contributed by atoms with Crippen molar-refractivity contribution >= 4 is 71.9 Å². The highest BCUT2D eigenvalue weighted by atomic mass is 79.9. The third-order valence-corrected chi connectivity index (χ3v) is 6.65. The zero-order valence-corrected chi connectivity index (χ0v) is 25.2. The molecule has 202 valence electrons. The minimum Gasteiger partial charge on any atom is -0.484 e. The molecular formula is C29H19Br3N2O6. The van der Waals surface area contributed by atoms with Crippen LogP contribution in [-0.2, 0) is 4.79 Å². The second-order valence-corrected chi connectivity index (χ2v) is 10.8. The highest BCUT2D eigenvalue weighted by molar-refractivity contribution is 9.11. The van der Waals surface area contributed by atoms with Crippen LogP contribution in [0.3, 0.4) is 0 Å². The number of halogens is 3. The zero-order valence-electron chi connectivity index (χ0n) is 20.5. The maximum absolute atomic E-state index is 12.8. The van der Waals surface area contributed by atoms with E-state index in [1.165, 1.54) is 18.3 Å². The summed E-state index contributed by atoms with van der Waals surface area (Å²) in [7, 11) is 0. The van der Waals surface area contributed by atoms with E-state index in [0.29, 0.717) is 22.4 Å². The molecule has 40 heavy (non-hydrogen) atoms. The van der Waals surface area contributed by atoms with Crippen LogP contribution in [0.2, 0.25) is 0 Å². The zero-order chi connectivity index (χ0) is 28.5. The topological polar surface area (TPSA) is 103 Å². The quantitative estimate of drug-likeness (QED) is 0.0867. The number of esters is 2. The Morgan fingerprint density at radius 1 is 0.700 bits per heavy atom. The van der Waals surface area contributed by atoms with E-state index < -0.39 is 17.8 Å². The minimum absolute atomic E-state index is 0.00774. The van der Waals surface area contributed by atoms with E-state index in [2.05, 4.69) is 58.3 Å². The standard InChI is InChI=1S/C29H19Br3N2O6/c30-21-9-5-19(6-10-21)28(36)39-25-13-4-18(14-26(25)40-29(37)20-7-11-22(31)12-8-20)16-33-34-27(35)17-38-24-3-1-2-23(32)15-24/h1-16H,17H2,(H,34,35)/b33-16-. The number of hydrazone groups is 1. The second kappa shape index (κ2) is 14.0. The van der Waals surface area contributed by atoms with Gasteiger partial charge in [0.25, 0.3) is 5.91 Å². The number of hydrogen-bond acceptors (Lipinski definition) is 7. The number of carbonyl (C=O) groups is 3. The lowest BCUT2D eigenvalue weighted by molar-refractivity contribution is -0.123. The van der Waals surface area contributed by atoms with Crippen LogP contribution < -0.4 is 19.6 Å². The van der Waals surface area contributed by atoms with Crippen molar-refractivity contribution in [3.8, 4) is 17.2 Å². The molecule has 0 atom stereocenters. The summed E-state index contributed by atoms with van der Waals surface area (Å²) >= 11 is 9.99. The molecule has 0 bridgehead atoms. The summed E-state index contributed by atoms with van der Waals surface area (Å²) in [6.45, 7) is -0.241. The first-order chi connectivity index (χ1) is 19.3. The third kappa shape index (κ3) is 8.60. The van der Waals surface area contributed by atoms with Crippen LogP contribution in [0.1, 0.15) is 26.3 Å². The van der Waals surface area contributed by atoms with Gasteiger partial charge in [-0.1, -0.05) is 53.9 Å². The molecule has 0 unspecified atom stereocenters. The van der Waals surface area contributed by atoms with Gasteiger partial charge in [0.05, 0.1) is 17.3 Å². The van der Waals surface area contributed by atoms with E-state index in [1.54, 1.807) is 72.8 Å². The molecule has 1 N–H and O–H groups in total. The summed E-state index contributed by atoms with van der Waals surface area (Å²) < 4.78 is 19.0. The number of nitrogens with zero attached hydrogens (tertiary/aromatic N) is 1. The largest absolute Gasteiger partial charge is 0.484 e. The Hall–Kier alpha value is -3.80. The van der Waals surface area contributed by atoms with Gasteiger partial charge in [0, 0.05) is 13.4 Å². The fraction of sp³-hybridized carbons (Fsp3) is 0.0345. The lowest BCUT2D eigenvalue weighted by Crippen LogP contribution is -2.24. The summed E-state index contributed by atoms with van der Waals surface area (Å²) in [6.07, 6.45) is 1.36. The molecule has 1 amide bonds. The number of nitrogens with one attached hydrogen (secondary N) is 1. The van der Waals surface area contributed by atoms with Gasteiger partial charge >= 0.3 is 11.9 Å². The van der Waals surface area contributed by atoms with Crippen molar-refractivity contribution in [3.63, 3.8) is 0 Å². The van der Waals surface area contributed by atoms with Gasteiger partial charge in [-0.25, -0.2) is 15.0 Å². The molecule has 0 aliphatic rings. The van der Waals surface area contributed by atoms with E-state index >= 15 is 0 Å². The first-order valence-corrected chi connectivity index (χ1v) is 13.9. The highest BCUT2D eigenvalue weighted by Crippen LogP contribution is 2.30. The summed E-state index contributed by atoms with van der Waals surface area (Å²) in [6, 6.07) is 24.8. The molecule has 0 heterocycles. The average Bonchev–Trinajstić information content (AvgIpc) is 2.94. The monoisotopic (exact) mass is 728 g/mol. The second-order valence-electron chi connectivity index (χ2n) is 8.04. The lowest BCUT2D eigenvalue weighted by Gasteiger charge is -2.12. The van der Waals surface area contributed by atoms with Crippen LogP contribution in [0.4, 0.5) is 0 Å². The molecule has 0 aromatic heterocycles. The molecule has 4 aromatic rings. The third-order valence-electron chi connectivity index (χ3n) is 5.10. The number of benzene rings is 4. The number of carbonyl (C=O) groups excluding carboxylic acids is 3. The first-order valence-electron chi connectivity index (χ1n) is 11.6. The van der Waals surface area contributed by atoms with Crippen LogP contribution in [0.5, 0.6) is 17.2 Å². The normalized spacial score (nSPS) is 10.7. The maximum atomic E-state index is 12.8. The molecule has 8 nitrogen and oxygen atoms in total. The molecule has 4 aromatic carbocycles. The van der Waals surface area contributed by atoms with E-state index in [4.69, 9.17) is 14.2 Å². The number of ether oxygens (including phenoxy) is 3. The summed E-state index contributed by atoms with van der Waals surface area (Å²) in [4.78, 5) is 37.6. The van der Waals surface area contributed by atoms with E-state index in [0.717, 1.165) is 13.4 Å². The van der Waals surface area contributed by atoms with Crippen LogP contribution in [0, 0.1) is 0 Å². The number of amides is 1. The molecule has 0 aliphatic carbocycles. The van der Waals surface area contributed by atoms with Crippen LogP contribution in [0.15, 0.2) is 110 Å². The Labute approximate surface area is 254 Å². The van der Waals surface area contributed by atoms with Gasteiger partial charge in [-0.3, -0.25) is 4.79 Å². The molecule has 0 fully saturated rings. The Morgan fingerprint density at radius 3 is 1.90 bits per heavy atom. The predicted molar refractivity (Wildman–Crippen MR) is 160 cm³/mol. The molecule has 0 spiro atoms. The molecule has 11 heteroatoms. The smallest absolute Gasteiger partial charge is 0.343 e. The molecule has 0 saturated heterocycles. The highest BCUT2D eigenvalue weighted by Gasteiger charge is 2.17. The van der Waals surface area contributed by atoms with Gasteiger partial charge in [0.2, 0.25) is 0 Å². The summed E-state index contributed by atoms with van der Waals surface area (Å²) in [5, 5.41) is 3.93. The molecule has 0 saturated carbocycles. The van der Waals surface area contributed by atoms with Crippen molar-refractivity contribution in [3.05, 3.63) is 121 Å². The van der Waals surface area contributed by atoms with Crippen molar-refractivity contribution in [2.24, 2.45) is 5.10 Å². The van der Waals surface area contributed by atoms with E-state index in [1.807, 2.05) is 6.07 Å². The van der Waals surface area contributed by atoms with Crippen LogP contribution in [-0.4, -0.2) is 30.7 Å². The van der Waals surface area contributed by atoms with E-state index in [-0.39, 0.29) is 18.1 Å². The minimum atomic E-state index is -0.652. The van der Waals surface area contributed by atoms with Crippen molar-refractivity contribution in [1.82, 2.24) is 5.43 Å². The molecule has 0 aliphatic heterocycles. The SMILES string of the molecule is O=C(COc1cccc(Br)c1)N/N=C\c1ccc(OC(=O)c2ccc(Br)cc2)c(OC(=O)c2ccc(Br)cc2)c1. The summed E-state index contributed by atoms with van der Waals surface area (Å²) in [5.41, 5.74) is 3.45. The van der Waals surface area contributed by atoms with Crippen LogP contribution in [0.25, 0.3) is 0 Å². The predicted octanol–water partition coefficient (Wildman–Crippen LogP) is 6.94. The molecule has 0 radical (unpaired) electrons. The Kier molecular flexibility index (Phi) is 10.2. The van der Waals surface area contributed by atoms with Crippen molar-refractivity contribution < 1.29 is 28.6 Å². The van der Waals surface area contributed by atoms with Gasteiger partial charge in [0.1, 0.15) is 5.75 Å². The van der Waals surface area contributed by atoms with Gasteiger partial charge in [-0.2, -0.15) is 5.10 Å². The number of hydrogen-bond donors (Lipinski definition) is 1. The van der Waals surface area contributed by atoms with Crippen molar-refractivity contribution in [2.75, 3.05) is 6.61 Å². The lowest BCUT2D eigenvalue weighted by atomic mass is 10.2. The Morgan fingerprint density at radius 2 is 1.30 bits per heavy atom.